The number of fused-ring (bicyclic) bond motifs is 6. The standard InChI is InChI=1S/2C27H17.C25H22P2.Ag.Au/c2*1-2-20-17-18-24-23-15-9-10-16-25(23)27(26(24)19-20,21-11-5-3-6-12-21)22-13-7-4-8-14-22;1-5-13-22(14-6-1)26(23-15-7-2-8-16-23)21-27(24-17-9-3-10-18-24)25-19-11-4-12-20-25;;/h2*3-19H;1-20H,21H2;;/q2*-1;;2*+1/p+2. The van der Waals surface area contributed by atoms with Crippen LogP contribution >= 0.6 is 15.8 Å². The Balaban J connectivity index is 0.000000137. The Labute approximate surface area is 524 Å². The van der Waals surface area contributed by atoms with Gasteiger partial charge in [0.1, 0.15) is 37.1 Å². The average molecular weight is 1370 g/mol. The van der Waals surface area contributed by atoms with Crippen molar-refractivity contribution in [3.8, 4) is 34.1 Å². The van der Waals surface area contributed by atoms with Crippen LogP contribution in [0.2, 0.25) is 0 Å². The zero-order valence-electron chi connectivity index (χ0n) is 45.5. The fourth-order valence-corrected chi connectivity index (χ4v) is 20.2. The van der Waals surface area contributed by atoms with Gasteiger partial charge in [-0.05, 0) is 115 Å². The van der Waals surface area contributed by atoms with Crippen molar-refractivity contribution in [1.29, 1.82) is 0 Å². The van der Waals surface area contributed by atoms with Crippen LogP contribution in [0.25, 0.3) is 22.3 Å². The summed E-state index contributed by atoms with van der Waals surface area (Å²) in [6, 6.07) is 117. The topological polar surface area (TPSA) is 0 Å². The van der Waals surface area contributed by atoms with Crippen molar-refractivity contribution in [1.82, 2.24) is 0 Å². The molecule has 83 heavy (non-hydrogen) atoms. The van der Waals surface area contributed by atoms with Crippen LogP contribution in [0.15, 0.2) is 328 Å². The Kier molecular flexibility index (Phi) is 19.0. The SMILES string of the molecule is [Ag+].[Au+].[C-]#Cc1ccc2c(c1)C(c1ccccc1)(c1ccccc1)c1ccccc1-2.[C-]#Cc1ccc2c(c1)C(c1ccccc1)(c1ccccc1)c1ccccc1-2.c1ccc([PH+](C[PH+](c2ccccc2)c2ccccc2)c2ccccc2)cc1. The van der Waals surface area contributed by atoms with Crippen LogP contribution in [-0.2, 0) is 55.6 Å². The third kappa shape index (κ3) is 11.4. The largest absolute Gasteiger partial charge is 1.00 e. The van der Waals surface area contributed by atoms with Gasteiger partial charge < -0.3 is 12.8 Å². The fraction of sp³-hybridized carbons (Fsp3) is 0.0380. The molecule has 0 radical (unpaired) electrons. The van der Waals surface area contributed by atoms with Crippen molar-refractivity contribution in [2.45, 2.75) is 10.8 Å². The van der Waals surface area contributed by atoms with Crippen molar-refractivity contribution in [2.75, 3.05) is 5.90 Å². The van der Waals surface area contributed by atoms with E-state index in [4.69, 9.17) is 12.8 Å². The first-order chi connectivity index (χ1) is 40.1. The van der Waals surface area contributed by atoms with Crippen LogP contribution in [-0.4, -0.2) is 5.90 Å². The Morgan fingerprint density at radius 1 is 0.265 bits per heavy atom. The first kappa shape index (κ1) is 58.3. The van der Waals surface area contributed by atoms with Crippen LogP contribution < -0.4 is 21.2 Å². The maximum atomic E-state index is 7.66. The number of hydrogen-bond donors (Lipinski definition) is 0. The molecule has 0 saturated heterocycles. The Hall–Kier alpha value is -7.90. The second-order valence-electron chi connectivity index (χ2n) is 20.4. The van der Waals surface area contributed by atoms with Crippen LogP contribution in [0.4, 0.5) is 0 Å². The molecule has 0 atom stereocenters. The summed E-state index contributed by atoms with van der Waals surface area (Å²) in [6.07, 6.45) is 15.3. The van der Waals surface area contributed by atoms with Gasteiger partial charge in [-0.25, -0.2) is 0 Å². The van der Waals surface area contributed by atoms with E-state index in [0.717, 1.165) is 11.1 Å². The molecule has 2 aliphatic carbocycles. The van der Waals surface area contributed by atoms with Crippen molar-refractivity contribution < 1.29 is 44.8 Å². The molecule has 12 aromatic carbocycles. The van der Waals surface area contributed by atoms with E-state index in [2.05, 4.69) is 327 Å². The van der Waals surface area contributed by atoms with E-state index in [0.29, 0.717) is 0 Å². The van der Waals surface area contributed by atoms with E-state index < -0.39 is 15.8 Å². The number of hydrogen-bond acceptors (Lipinski definition) is 0. The maximum absolute atomic E-state index is 7.66. The second-order valence-corrected chi connectivity index (χ2v) is 26.1. The Morgan fingerprint density at radius 2 is 0.494 bits per heavy atom. The van der Waals surface area contributed by atoms with Gasteiger partial charge in [0.15, 0.2) is 5.90 Å². The molecule has 0 N–H and O–H groups in total. The molecule has 0 heterocycles. The van der Waals surface area contributed by atoms with E-state index in [1.54, 1.807) is 0 Å². The van der Waals surface area contributed by atoms with Gasteiger partial charge >= 0.3 is 44.8 Å². The van der Waals surface area contributed by atoms with Gasteiger partial charge in [-0.1, -0.05) is 255 Å². The molecule has 0 amide bonds. The van der Waals surface area contributed by atoms with Crippen molar-refractivity contribution in [3.63, 3.8) is 0 Å². The molecule has 0 spiro atoms. The van der Waals surface area contributed by atoms with Crippen molar-refractivity contribution in [3.05, 3.63) is 396 Å². The smallest absolute Gasteiger partial charge is 0.366 e. The van der Waals surface area contributed by atoms with Gasteiger partial charge in [-0.3, -0.25) is 11.8 Å². The minimum absolute atomic E-state index is 0. The van der Waals surface area contributed by atoms with E-state index >= 15 is 0 Å². The Bertz CT molecular complexity index is 3720. The summed E-state index contributed by atoms with van der Waals surface area (Å²) in [5, 5.41) is 6.01. The van der Waals surface area contributed by atoms with E-state index in [1.165, 1.54) is 93.9 Å². The molecule has 0 saturated carbocycles. The summed E-state index contributed by atoms with van der Waals surface area (Å²) in [4.78, 5) is 0. The van der Waals surface area contributed by atoms with Gasteiger partial charge in [0.25, 0.3) is 0 Å². The van der Waals surface area contributed by atoms with Crippen molar-refractivity contribution in [2.24, 2.45) is 0 Å². The number of benzene rings is 12. The summed E-state index contributed by atoms with van der Waals surface area (Å²) in [7, 11) is -1.69. The summed E-state index contributed by atoms with van der Waals surface area (Å²) < 4.78 is 0. The molecule has 0 nitrogen and oxygen atoms in total. The monoisotopic (exact) mass is 1370 g/mol. The molecule has 4 heteroatoms. The molecule has 0 aliphatic heterocycles. The van der Waals surface area contributed by atoms with Crippen molar-refractivity contribution >= 4 is 37.1 Å². The molecule has 0 fully saturated rings. The molecule has 12 aromatic rings. The maximum Gasteiger partial charge on any atom is 1.00 e. The zero-order valence-corrected chi connectivity index (χ0v) is 51.1. The molecule has 2 aliphatic rings. The van der Waals surface area contributed by atoms with Crippen LogP contribution in [0.5, 0.6) is 0 Å². The molecular weight excluding hydrogens is 1320 g/mol. The van der Waals surface area contributed by atoms with E-state index in [-0.39, 0.29) is 55.6 Å². The normalized spacial score (nSPS) is 12.3. The molecule has 0 aromatic heterocycles. The predicted octanol–water partition coefficient (Wildman–Crippen LogP) is 16.6. The first-order valence-corrected chi connectivity index (χ1v) is 31.0. The van der Waals surface area contributed by atoms with Crippen LogP contribution in [0.3, 0.4) is 0 Å². The van der Waals surface area contributed by atoms with Gasteiger partial charge in [0, 0.05) is 0 Å². The molecular formula is C79H58AgAuP2+2. The quantitative estimate of drug-likeness (QED) is 0.0554. The third-order valence-corrected chi connectivity index (χ3v) is 23.0. The average Bonchev–Trinajstić information content (AvgIpc) is 1.84. The Morgan fingerprint density at radius 3 is 0.759 bits per heavy atom. The molecule has 404 valence electrons. The molecule has 0 unspecified atom stereocenters. The van der Waals surface area contributed by atoms with Gasteiger partial charge in [-0.15, -0.1) is 35.4 Å². The summed E-state index contributed by atoms with van der Waals surface area (Å²) in [5.41, 5.74) is 15.8. The fourth-order valence-electron chi connectivity index (χ4n) is 12.5. The van der Waals surface area contributed by atoms with E-state index in [1.807, 2.05) is 12.1 Å². The summed E-state index contributed by atoms with van der Waals surface area (Å²) in [6.45, 7) is 0. The second kappa shape index (κ2) is 27.0. The third-order valence-electron chi connectivity index (χ3n) is 16.0. The van der Waals surface area contributed by atoms with Gasteiger partial charge in [0.05, 0.1) is 10.8 Å². The summed E-state index contributed by atoms with van der Waals surface area (Å²) >= 11 is 0. The van der Waals surface area contributed by atoms with Gasteiger partial charge in [-0.2, -0.15) is 0 Å². The zero-order chi connectivity index (χ0) is 54.9. The molecule has 0 bridgehead atoms. The van der Waals surface area contributed by atoms with Crippen LogP contribution in [0.1, 0.15) is 55.6 Å². The minimum atomic E-state index is -0.847. The van der Waals surface area contributed by atoms with E-state index in [9.17, 15) is 0 Å². The summed E-state index contributed by atoms with van der Waals surface area (Å²) in [5.74, 6) is 6.40. The number of rotatable bonds is 10. The predicted molar refractivity (Wildman–Crippen MR) is 346 cm³/mol. The minimum Gasteiger partial charge on any atom is -0.366 e. The van der Waals surface area contributed by atoms with Crippen LogP contribution in [0, 0.1) is 24.7 Å². The first-order valence-electron chi connectivity index (χ1n) is 27.6. The van der Waals surface area contributed by atoms with Gasteiger partial charge in [0.2, 0.25) is 0 Å². The molecule has 14 rings (SSSR count).